The second-order valence-electron chi connectivity index (χ2n) is 4.57. The van der Waals surface area contributed by atoms with Crippen LogP contribution >= 0.6 is 45.5 Å². The number of fused-ring (bicyclic) bond motifs is 1. The first-order chi connectivity index (χ1) is 10.6. The second kappa shape index (κ2) is 6.44. The molecule has 0 aliphatic heterocycles. The Balaban J connectivity index is 1.93. The third kappa shape index (κ3) is 3.06. The molecule has 0 saturated heterocycles. The third-order valence-corrected chi connectivity index (χ3v) is 5.52. The number of hydrogen-bond donors (Lipinski definition) is 1. The van der Waals surface area contributed by atoms with Crippen molar-refractivity contribution in [3.63, 3.8) is 0 Å². The minimum atomic E-state index is -0.202. The van der Waals surface area contributed by atoms with Crippen molar-refractivity contribution in [2.75, 3.05) is 12.4 Å². The summed E-state index contributed by atoms with van der Waals surface area (Å²) in [5, 5.41) is 4.21. The first-order valence-corrected chi connectivity index (χ1v) is 8.69. The van der Waals surface area contributed by atoms with Gasteiger partial charge in [-0.3, -0.25) is 4.79 Å². The van der Waals surface area contributed by atoms with Gasteiger partial charge in [-0.05, 0) is 65.1 Å². The molecule has 2 aromatic carbocycles. The number of anilines is 1. The molecule has 0 aliphatic carbocycles. The molecular weight excluding hydrogens is 433 g/mol. The quantitative estimate of drug-likeness (QED) is 0.549. The number of benzene rings is 2. The van der Waals surface area contributed by atoms with E-state index in [0.717, 1.165) is 25.1 Å². The van der Waals surface area contributed by atoms with Gasteiger partial charge in [0.25, 0.3) is 5.91 Å². The number of methoxy groups -OCH3 is 1. The van der Waals surface area contributed by atoms with Gasteiger partial charge in [-0.1, -0.05) is 11.6 Å². The first kappa shape index (κ1) is 15.6. The van der Waals surface area contributed by atoms with E-state index < -0.39 is 0 Å². The molecule has 6 heteroatoms. The van der Waals surface area contributed by atoms with Crippen molar-refractivity contribution in [1.29, 1.82) is 0 Å². The van der Waals surface area contributed by atoms with Gasteiger partial charge < -0.3 is 10.1 Å². The molecule has 3 rings (SSSR count). The molecule has 0 radical (unpaired) electrons. The largest absolute Gasteiger partial charge is 0.497 e. The van der Waals surface area contributed by atoms with Crippen LogP contribution < -0.4 is 10.1 Å². The molecule has 0 spiro atoms. The summed E-state index contributed by atoms with van der Waals surface area (Å²) in [6.45, 7) is 0. The number of ether oxygens (including phenoxy) is 1. The van der Waals surface area contributed by atoms with Gasteiger partial charge in [0.05, 0.1) is 12.1 Å². The fourth-order valence-corrected chi connectivity index (χ4v) is 3.84. The van der Waals surface area contributed by atoms with Crippen LogP contribution in [0.2, 0.25) is 5.02 Å². The SMILES string of the molecule is COc1ccc2c(Cl)c(C(=O)Nc3ccc(I)cc3)sc2c1. The molecule has 3 nitrogen and oxygen atoms in total. The molecule has 0 unspecified atom stereocenters. The van der Waals surface area contributed by atoms with Gasteiger partial charge in [-0.25, -0.2) is 0 Å². The lowest BCUT2D eigenvalue weighted by Crippen LogP contribution is -2.10. The van der Waals surface area contributed by atoms with E-state index in [2.05, 4.69) is 27.9 Å². The van der Waals surface area contributed by atoms with Crippen molar-refractivity contribution < 1.29 is 9.53 Å². The van der Waals surface area contributed by atoms with Crippen molar-refractivity contribution >= 4 is 67.2 Å². The van der Waals surface area contributed by atoms with Crippen molar-refractivity contribution in [3.8, 4) is 5.75 Å². The number of carbonyl (C=O) groups excluding carboxylic acids is 1. The average molecular weight is 444 g/mol. The fourth-order valence-electron chi connectivity index (χ4n) is 2.04. The van der Waals surface area contributed by atoms with Crippen LogP contribution in [0.3, 0.4) is 0 Å². The monoisotopic (exact) mass is 443 g/mol. The lowest BCUT2D eigenvalue weighted by Gasteiger charge is -2.03. The zero-order valence-electron chi connectivity index (χ0n) is 11.5. The summed E-state index contributed by atoms with van der Waals surface area (Å²) in [4.78, 5) is 12.9. The maximum absolute atomic E-state index is 12.4. The topological polar surface area (TPSA) is 38.3 Å². The highest BCUT2D eigenvalue weighted by atomic mass is 127. The third-order valence-electron chi connectivity index (χ3n) is 3.14. The van der Waals surface area contributed by atoms with Crippen molar-refractivity contribution in [1.82, 2.24) is 0 Å². The molecule has 3 aromatic rings. The fraction of sp³-hybridized carbons (Fsp3) is 0.0625. The number of halogens is 2. The van der Waals surface area contributed by atoms with Crippen molar-refractivity contribution in [2.45, 2.75) is 0 Å². The van der Waals surface area contributed by atoms with Crippen LogP contribution in [0.25, 0.3) is 10.1 Å². The molecule has 22 heavy (non-hydrogen) atoms. The highest BCUT2D eigenvalue weighted by Gasteiger charge is 2.17. The van der Waals surface area contributed by atoms with E-state index in [4.69, 9.17) is 16.3 Å². The molecule has 0 fully saturated rings. The van der Waals surface area contributed by atoms with Gasteiger partial charge in [-0.2, -0.15) is 0 Å². The van der Waals surface area contributed by atoms with Crippen LogP contribution in [0.5, 0.6) is 5.75 Å². The van der Waals surface area contributed by atoms with Gasteiger partial charge in [0.15, 0.2) is 0 Å². The van der Waals surface area contributed by atoms with Gasteiger partial charge >= 0.3 is 0 Å². The Morgan fingerprint density at radius 1 is 1.23 bits per heavy atom. The highest BCUT2D eigenvalue weighted by molar-refractivity contribution is 14.1. The summed E-state index contributed by atoms with van der Waals surface area (Å²) >= 11 is 9.92. The Morgan fingerprint density at radius 3 is 2.64 bits per heavy atom. The van der Waals surface area contributed by atoms with E-state index in [1.807, 2.05) is 42.5 Å². The van der Waals surface area contributed by atoms with E-state index in [1.54, 1.807) is 7.11 Å². The van der Waals surface area contributed by atoms with Gasteiger partial charge in [0.2, 0.25) is 0 Å². The summed E-state index contributed by atoms with van der Waals surface area (Å²) in [5.41, 5.74) is 0.747. The van der Waals surface area contributed by atoms with E-state index in [1.165, 1.54) is 11.3 Å². The number of nitrogens with one attached hydrogen (secondary N) is 1. The van der Waals surface area contributed by atoms with Crippen molar-refractivity contribution in [2.24, 2.45) is 0 Å². The Hall–Kier alpha value is -1.31. The van der Waals surface area contributed by atoms with Crippen LogP contribution in [0.15, 0.2) is 42.5 Å². The molecule has 1 N–H and O–H groups in total. The molecule has 0 atom stereocenters. The molecule has 112 valence electrons. The zero-order chi connectivity index (χ0) is 15.7. The summed E-state index contributed by atoms with van der Waals surface area (Å²) < 4.78 is 7.24. The number of hydrogen-bond acceptors (Lipinski definition) is 3. The van der Waals surface area contributed by atoms with Gasteiger partial charge in [0, 0.05) is 19.3 Å². The Morgan fingerprint density at radius 2 is 1.95 bits per heavy atom. The number of carbonyl (C=O) groups is 1. The average Bonchev–Trinajstić information content (AvgIpc) is 2.86. The summed E-state index contributed by atoms with van der Waals surface area (Å²) in [6, 6.07) is 13.2. The summed E-state index contributed by atoms with van der Waals surface area (Å²) in [7, 11) is 1.61. The van der Waals surface area contributed by atoms with Gasteiger partial charge in [-0.15, -0.1) is 11.3 Å². The normalized spacial score (nSPS) is 10.7. The number of amides is 1. The second-order valence-corrected chi connectivity index (χ2v) is 7.24. The van der Waals surface area contributed by atoms with E-state index >= 15 is 0 Å². The lowest BCUT2D eigenvalue weighted by molar-refractivity contribution is 0.103. The molecule has 1 heterocycles. The zero-order valence-corrected chi connectivity index (χ0v) is 15.3. The minimum absolute atomic E-state index is 0.202. The molecule has 1 aromatic heterocycles. The molecular formula is C16H11ClINO2S. The summed E-state index contributed by atoms with van der Waals surface area (Å²) in [6.07, 6.45) is 0. The summed E-state index contributed by atoms with van der Waals surface area (Å²) in [5.74, 6) is 0.543. The predicted octanol–water partition coefficient (Wildman–Crippen LogP) is 5.42. The molecule has 0 aliphatic rings. The molecule has 0 bridgehead atoms. The van der Waals surface area contributed by atoms with Crippen LogP contribution in [-0.2, 0) is 0 Å². The molecule has 0 saturated carbocycles. The number of rotatable bonds is 3. The Labute approximate surface area is 150 Å². The Kier molecular flexibility index (Phi) is 4.56. The van der Waals surface area contributed by atoms with Gasteiger partial charge in [0.1, 0.15) is 10.6 Å². The standard InChI is InChI=1S/C16H11ClINO2S/c1-21-11-6-7-12-13(8-11)22-15(14(12)17)16(20)19-10-4-2-9(18)3-5-10/h2-8H,1H3,(H,19,20). The maximum atomic E-state index is 12.4. The highest BCUT2D eigenvalue weighted by Crippen LogP contribution is 2.37. The van der Waals surface area contributed by atoms with Crippen molar-refractivity contribution in [3.05, 3.63) is 55.9 Å². The van der Waals surface area contributed by atoms with Crippen LogP contribution in [0.4, 0.5) is 5.69 Å². The number of thiophene rings is 1. The van der Waals surface area contributed by atoms with E-state index in [9.17, 15) is 4.79 Å². The van der Waals surface area contributed by atoms with Crippen LogP contribution in [0.1, 0.15) is 9.67 Å². The lowest BCUT2D eigenvalue weighted by atomic mass is 10.2. The van der Waals surface area contributed by atoms with Crippen LogP contribution in [0, 0.1) is 3.57 Å². The van der Waals surface area contributed by atoms with E-state index in [0.29, 0.717) is 9.90 Å². The minimum Gasteiger partial charge on any atom is -0.497 e. The maximum Gasteiger partial charge on any atom is 0.267 e. The molecule has 1 amide bonds. The first-order valence-electron chi connectivity index (χ1n) is 6.41. The van der Waals surface area contributed by atoms with E-state index in [-0.39, 0.29) is 5.91 Å². The smallest absolute Gasteiger partial charge is 0.267 e. The van der Waals surface area contributed by atoms with Crippen LogP contribution in [-0.4, -0.2) is 13.0 Å². The predicted molar refractivity (Wildman–Crippen MR) is 100 cm³/mol. The Bertz CT molecular complexity index is 845.